The fourth-order valence-electron chi connectivity index (χ4n) is 2.20. The Morgan fingerprint density at radius 3 is 1.53 bits per heavy atom. The summed E-state index contributed by atoms with van der Waals surface area (Å²) in [6, 6.07) is 3.88. The van der Waals surface area contributed by atoms with Gasteiger partial charge in [0.2, 0.25) is 0 Å². The van der Waals surface area contributed by atoms with Gasteiger partial charge in [0.05, 0.1) is 6.61 Å². The largest absolute Gasteiger partial charge is 0.507 e. The molecule has 0 aliphatic heterocycles. The molecule has 108 valence electrons. The van der Waals surface area contributed by atoms with Crippen molar-refractivity contribution in [1.29, 1.82) is 0 Å². The van der Waals surface area contributed by atoms with E-state index in [0.29, 0.717) is 5.75 Å². The van der Waals surface area contributed by atoms with Crippen molar-refractivity contribution >= 4 is 0 Å². The van der Waals surface area contributed by atoms with E-state index in [0.717, 1.165) is 29.5 Å². The Hall–Kier alpha value is -1.02. The Balaban J connectivity index is 3.55. The van der Waals surface area contributed by atoms with E-state index in [4.69, 9.17) is 0 Å². The fourth-order valence-corrected chi connectivity index (χ4v) is 2.20. The molecular formula is C17H28O2. The van der Waals surface area contributed by atoms with Gasteiger partial charge in [-0.2, -0.15) is 0 Å². The second kappa shape index (κ2) is 5.54. The Morgan fingerprint density at radius 2 is 1.26 bits per heavy atom. The molecule has 1 rings (SSSR count). The number of aromatic hydroxyl groups is 1. The molecule has 0 fully saturated rings. The maximum Gasteiger partial charge on any atom is 0.123 e. The van der Waals surface area contributed by atoms with E-state index >= 15 is 0 Å². The lowest BCUT2D eigenvalue weighted by Gasteiger charge is -2.31. The molecule has 0 aromatic heterocycles. The van der Waals surface area contributed by atoms with Crippen LogP contribution < -0.4 is 0 Å². The van der Waals surface area contributed by atoms with Gasteiger partial charge in [0.25, 0.3) is 0 Å². The van der Waals surface area contributed by atoms with Crippen molar-refractivity contribution in [3.63, 3.8) is 0 Å². The van der Waals surface area contributed by atoms with E-state index in [-0.39, 0.29) is 17.4 Å². The molecule has 0 spiro atoms. The number of rotatable bonds is 5. The topological polar surface area (TPSA) is 40.5 Å². The Kier molecular flexibility index (Phi) is 4.67. The zero-order chi connectivity index (χ0) is 14.8. The van der Waals surface area contributed by atoms with Crippen LogP contribution in [0.4, 0.5) is 0 Å². The molecule has 0 heterocycles. The van der Waals surface area contributed by atoms with Crippen molar-refractivity contribution in [2.24, 2.45) is 0 Å². The molecule has 0 aliphatic rings. The standard InChI is InChI=1S/C17H28O2/c1-7-16(3,4)13-9-12(11-18)10-14(15(13)19)17(5,6)8-2/h9-10,18-19H,7-8,11H2,1-6H3. The quantitative estimate of drug-likeness (QED) is 0.834. The second-order valence-corrected chi connectivity index (χ2v) is 6.67. The summed E-state index contributed by atoms with van der Waals surface area (Å²) < 4.78 is 0. The molecule has 2 nitrogen and oxygen atoms in total. The maximum atomic E-state index is 10.7. The Morgan fingerprint density at radius 1 is 0.895 bits per heavy atom. The van der Waals surface area contributed by atoms with Gasteiger partial charge in [-0.3, -0.25) is 0 Å². The van der Waals surface area contributed by atoms with Crippen LogP contribution in [0.1, 0.15) is 71.1 Å². The molecular weight excluding hydrogens is 236 g/mol. The Labute approximate surface area is 117 Å². The van der Waals surface area contributed by atoms with Crippen molar-refractivity contribution < 1.29 is 10.2 Å². The number of phenolic OH excluding ortho intramolecular Hbond substituents is 1. The van der Waals surface area contributed by atoms with Crippen molar-refractivity contribution in [3.8, 4) is 5.75 Å². The summed E-state index contributed by atoms with van der Waals surface area (Å²) in [5, 5.41) is 20.1. The third kappa shape index (κ3) is 3.11. The molecule has 0 bridgehead atoms. The summed E-state index contributed by atoms with van der Waals surface area (Å²) in [5.41, 5.74) is 2.59. The summed E-state index contributed by atoms with van der Waals surface area (Å²) in [4.78, 5) is 0. The van der Waals surface area contributed by atoms with Gasteiger partial charge in [-0.15, -0.1) is 0 Å². The van der Waals surface area contributed by atoms with E-state index in [9.17, 15) is 10.2 Å². The average Bonchev–Trinajstić information content (AvgIpc) is 2.38. The van der Waals surface area contributed by atoms with Gasteiger partial charge in [0.15, 0.2) is 0 Å². The smallest absolute Gasteiger partial charge is 0.123 e. The molecule has 0 radical (unpaired) electrons. The highest BCUT2D eigenvalue weighted by Crippen LogP contribution is 2.42. The summed E-state index contributed by atoms with van der Waals surface area (Å²) in [6.07, 6.45) is 1.89. The molecule has 0 aliphatic carbocycles. The summed E-state index contributed by atoms with van der Waals surface area (Å²) in [5.74, 6) is 0.399. The van der Waals surface area contributed by atoms with Crippen LogP contribution in [-0.4, -0.2) is 10.2 Å². The lowest BCUT2D eigenvalue weighted by atomic mass is 9.75. The van der Waals surface area contributed by atoms with E-state index in [1.807, 2.05) is 12.1 Å². The van der Waals surface area contributed by atoms with E-state index < -0.39 is 0 Å². The molecule has 1 aromatic carbocycles. The predicted octanol–water partition coefficient (Wildman–Crippen LogP) is 4.26. The van der Waals surface area contributed by atoms with Crippen LogP contribution in [-0.2, 0) is 17.4 Å². The highest BCUT2D eigenvalue weighted by atomic mass is 16.3. The minimum absolute atomic E-state index is 0.0138. The number of aliphatic hydroxyl groups excluding tert-OH is 1. The second-order valence-electron chi connectivity index (χ2n) is 6.67. The number of hydrogen-bond donors (Lipinski definition) is 2. The molecule has 0 unspecified atom stereocenters. The molecule has 0 atom stereocenters. The highest BCUT2D eigenvalue weighted by molar-refractivity contribution is 5.50. The summed E-state index contributed by atoms with van der Waals surface area (Å²) in [6.45, 7) is 12.8. The van der Waals surface area contributed by atoms with Crippen LogP contribution in [0, 0.1) is 0 Å². The molecule has 0 amide bonds. The van der Waals surface area contributed by atoms with Crippen molar-refractivity contribution in [2.75, 3.05) is 0 Å². The molecule has 1 aromatic rings. The predicted molar refractivity (Wildman–Crippen MR) is 80.7 cm³/mol. The van der Waals surface area contributed by atoms with E-state index in [2.05, 4.69) is 41.5 Å². The van der Waals surface area contributed by atoms with Crippen LogP contribution >= 0.6 is 0 Å². The van der Waals surface area contributed by atoms with Crippen LogP contribution in [0.2, 0.25) is 0 Å². The zero-order valence-corrected chi connectivity index (χ0v) is 13.2. The van der Waals surface area contributed by atoms with Crippen LogP contribution in [0.5, 0.6) is 5.75 Å². The van der Waals surface area contributed by atoms with Gasteiger partial charge < -0.3 is 10.2 Å². The zero-order valence-electron chi connectivity index (χ0n) is 13.2. The third-order valence-corrected chi connectivity index (χ3v) is 4.58. The minimum atomic E-state index is -0.0894. The van der Waals surface area contributed by atoms with Gasteiger partial charge in [0, 0.05) is 11.1 Å². The molecule has 2 N–H and O–H groups in total. The van der Waals surface area contributed by atoms with Gasteiger partial charge in [0.1, 0.15) is 5.75 Å². The van der Waals surface area contributed by atoms with Crippen LogP contribution in [0.15, 0.2) is 12.1 Å². The molecule has 0 saturated carbocycles. The average molecular weight is 264 g/mol. The fraction of sp³-hybridized carbons (Fsp3) is 0.647. The lowest BCUT2D eigenvalue weighted by molar-refractivity contribution is 0.280. The number of phenols is 1. The van der Waals surface area contributed by atoms with E-state index in [1.54, 1.807) is 0 Å². The number of hydrogen-bond acceptors (Lipinski definition) is 2. The van der Waals surface area contributed by atoms with Crippen LogP contribution in [0.3, 0.4) is 0 Å². The number of benzene rings is 1. The summed E-state index contributed by atoms with van der Waals surface area (Å²) >= 11 is 0. The van der Waals surface area contributed by atoms with E-state index in [1.165, 1.54) is 0 Å². The van der Waals surface area contributed by atoms with Gasteiger partial charge in [-0.1, -0.05) is 41.5 Å². The molecule has 19 heavy (non-hydrogen) atoms. The van der Waals surface area contributed by atoms with Gasteiger partial charge in [-0.05, 0) is 41.4 Å². The normalized spacial score (nSPS) is 12.8. The highest BCUT2D eigenvalue weighted by Gasteiger charge is 2.29. The first kappa shape index (κ1) is 16.0. The SMILES string of the molecule is CCC(C)(C)c1cc(CO)cc(C(C)(C)CC)c1O. The monoisotopic (exact) mass is 264 g/mol. The first-order valence-electron chi connectivity index (χ1n) is 7.17. The minimum Gasteiger partial charge on any atom is -0.507 e. The first-order chi connectivity index (χ1) is 8.69. The molecule has 0 saturated heterocycles. The Bertz CT molecular complexity index is 408. The summed E-state index contributed by atoms with van der Waals surface area (Å²) in [7, 11) is 0. The molecule has 2 heteroatoms. The van der Waals surface area contributed by atoms with Crippen molar-refractivity contribution in [2.45, 2.75) is 71.8 Å². The maximum absolute atomic E-state index is 10.7. The van der Waals surface area contributed by atoms with Crippen molar-refractivity contribution in [1.82, 2.24) is 0 Å². The number of aliphatic hydroxyl groups is 1. The third-order valence-electron chi connectivity index (χ3n) is 4.58. The van der Waals surface area contributed by atoms with Crippen LogP contribution in [0.25, 0.3) is 0 Å². The lowest BCUT2D eigenvalue weighted by Crippen LogP contribution is -2.21. The van der Waals surface area contributed by atoms with Gasteiger partial charge >= 0.3 is 0 Å². The van der Waals surface area contributed by atoms with Crippen molar-refractivity contribution in [3.05, 3.63) is 28.8 Å². The van der Waals surface area contributed by atoms with Gasteiger partial charge in [-0.25, -0.2) is 0 Å². The first-order valence-corrected chi connectivity index (χ1v) is 7.17.